The van der Waals surface area contributed by atoms with Gasteiger partial charge in [0.15, 0.2) is 0 Å². The Hall–Kier alpha value is -1.88. The zero-order valence-electron chi connectivity index (χ0n) is 24.9. The fourth-order valence-electron chi connectivity index (χ4n) is 9.30. The van der Waals surface area contributed by atoms with Gasteiger partial charge in [-0.2, -0.15) is 0 Å². The highest BCUT2D eigenvalue weighted by Gasteiger charge is 2.66. The molecule has 0 aromatic rings. The molecule has 38 heavy (non-hydrogen) atoms. The SMILES string of the molecule is C=C(CC[C@@H](C(=O)O)[C@H]1[C@H](O)C[C@@]2(C)C3=CC[C@H]4C(C)(C)[C@@H](OC(C)=O)CC[C@]4(C)C3=CC[C@@]12C)C(C)C. The van der Waals surface area contributed by atoms with Crippen molar-refractivity contribution in [2.75, 3.05) is 0 Å². The number of rotatable bonds is 7. The number of ether oxygens (including phenoxy) is 1. The first-order valence-electron chi connectivity index (χ1n) is 14.7. The Morgan fingerprint density at radius 2 is 1.79 bits per heavy atom. The van der Waals surface area contributed by atoms with Crippen molar-refractivity contribution in [3.63, 3.8) is 0 Å². The van der Waals surface area contributed by atoms with Gasteiger partial charge in [-0.3, -0.25) is 9.59 Å². The van der Waals surface area contributed by atoms with Crippen LogP contribution in [0.2, 0.25) is 0 Å². The molecule has 0 saturated heterocycles. The Morgan fingerprint density at radius 1 is 1.13 bits per heavy atom. The topological polar surface area (TPSA) is 83.8 Å². The Labute approximate surface area is 229 Å². The van der Waals surface area contributed by atoms with Crippen molar-refractivity contribution in [1.29, 1.82) is 0 Å². The van der Waals surface area contributed by atoms with Gasteiger partial charge >= 0.3 is 11.9 Å². The second-order valence-electron chi connectivity index (χ2n) is 14.4. The van der Waals surface area contributed by atoms with Gasteiger partial charge in [0.05, 0.1) is 12.0 Å². The molecule has 2 fully saturated rings. The average Bonchev–Trinajstić information content (AvgIpc) is 3.01. The van der Waals surface area contributed by atoms with Crippen LogP contribution in [0, 0.1) is 45.3 Å². The summed E-state index contributed by atoms with van der Waals surface area (Å²) in [6.07, 6.45) is 9.26. The van der Waals surface area contributed by atoms with E-state index in [1.54, 1.807) is 0 Å². The van der Waals surface area contributed by atoms with E-state index >= 15 is 0 Å². The second-order valence-corrected chi connectivity index (χ2v) is 14.4. The lowest BCUT2D eigenvalue weighted by Gasteiger charge is -2.61. The largest absolute Gasteiger partial charge is 0.481 e. The summed E-state index contributed by atoms with van der Waals surface area (Å²) in [6.45, 7) is 21.2. The van der Waals surface area contributed by atoms with E-state index in [2.05, 4.69) is 67.2 Å². The van der Waals surface area contributed by atoms with Gasteiger partial charge in [0.1, 0.15) is 6.10 Å². The van der Waals surface area contributed by atoms with Crippen LogP contribution < -0.4 is 0 Å². The van der Waals surface area contributed by atoms with Crippen molar-refractivity contribution in [3.05, 3.63) is 35.5 Å². The van der Waals surface area contributed by atoms with Crippen LogP contribution in [0.4, 0.5) is 0 Å². The summed E-state index contributed by atoms with van der Waals surface area (Å²) in [5, 5.41) is 21.9. The minimum atomic E-state index is -0.805. The average molecular weight is 527 g/mol. The van der Waals surface area contributed by atoms with Crippen molar-refractivity contribution in [2.24, 2.45) is 45.3 Å². The number of aliphatic hydroxyl groups is 1. The van der Waals surface area contributed by atoms with E-state index in [1.165, 1.54) is 18.1 Å². The predicted molar refractivity (Wildman–Crippen MR) is 150 cm³/mol. The number of carbonyl (C=O) groups excluding carboxylic acids is 1. The molecule has 0 aromatic heterocycles. The van der Waals surface area contributed by atoms with Gasteiger partial charge in [-0.15, -0.1) is 0 Å². The Morgan fingerprint density at radius 3 is 2.37 bits per heavy atom. The van der Waals surface area contributed by atoms with Gasteiger partial charge in [-0.05, 0) is 78.8 Å². The highest BCUT2D eigenvalue weighted by atomic mass is 16.5. The normalized spacial score (nSPS) is 40.3. The number of carboxylic acids is 1. The minimum Gasteiger partial charge on any atom is -0.481 e. The van der Waals surface area contributed by atoms with Crippen LogP contribution >= 0.6 is 0 Å². The summed E-state index contributed by atoms with van der Waals surface area (Å²) in [4.78, 5) is 24.5. The Kier molecular flexibility index (Phi) is 7.39. The summed E-state index contributed by atoms with van der Waals surface area (Å²) in [7, 11) is 0. The molecule has 4 aliphatic rings. The van der Waals surface area contributed by atoms with E-state index < -0.39 is 18.0 Å². The third-order valence-electron chi connectivity index (χ3n) is 11.9. The molecule has 0 heterocycles. The molecule has 8 atom stereocenters. The first kappa shape index (κ1) is 29.1. The van der Waals surface area contributed by atoms with Crippen LogP contribution in [0.25, 0.3) is 0 Å². The molecule has 0 aromatic carbocycles. The van der Waals surface area contributed by atoms with Gasteiger partial charge in [0.25, 0.3) is 0 Å². The summed E-state index contributed by atoms with van der Waals surface area (Å²) < 4.78 is 5.80. The van der Waals surface area contributed by atoms with Gasteiger partial charge in [-0.25, -0.2) is 0 Å². The lowest BCUT2D eigenvalue weighted by atomic mass is 9.44. The molecule has 0 radical (unpaired) electrons. The lowest BCUT2D eigenvalue weighted by Crippen LogP contribution is -2.55. The maximum atomic E-state index is 12.6. The molecule has 0 unspecified atom stereocenters. The number of fused-ring (bicyclic) bond motifs is 5. The number of aliphatic carboxylic acids is 1. The van der Waals surface area contributed by atoms with Gasteiger partial charge in [0.2, 0.25) is 0 Å². The zero-order chi connectivity index (χ0) is 28.4. The number of aliphatic hydroxyl groups excluding tert-OH is 1. The summed E-state index contributed by atoms with van der Waals surface area (Å²) in [5.41, 5.74) is 2.93. The van der Waals surface area contributed by atoms with E-state index in [0.29, 0.717) is 31.1 Å². The Balaban J connectivity index is 1.70. The van der Waals surface area contributed by atoms with Crippen LogP contribution in [0.5, 0.6) is 0 Å². The van der Waals surface area contributed by atoms with E-state index in [-0.39, 0.29) is 39.7 Å². The van der Waals surface area contributed by atoms with Gasteiger partial charge < -0.3 is 14.9 Å². The molecule has 212 valence electrons. The molecule has 0 amide bonds. The maximum absolute atomic E-state index is 12.6. The van der Waals surface area contributed by atoms with E-state index in [4.69, 9.17) is 4.74 Å². The molecule has 4 rings (SSSR count). The number of esters is 1. The molecular weight excluding hydrogens is 476 g/mol. The van der Waals surface area contributed by atoms with E-state index in [9.17, 15) is 19.8 Å². The minimum absolute atomic E-state index is 0.0428. The lowest BCUT2D eigenvalue weighted by molar-refractivity contribution is -0.165. The third-order valence-corrected chi connectivity index (χ3v) is 11.9. The van der Waals surface area contributed by atoms with E-state index in [1.807, 2.05) is 0 Å². The summed E-state index contributed by atoms with van der Waals surface area (Å²) in [5.74, 6) is -1.28. The highest BCUT2D eigenvalue weighted by molar-refractivity contribution is 5.71. The standard InChI is InChI=1S/C33H50O5/c1-19(2)20(3)10-11-22(29(36)37)28-25(35)18-33(9)24-12-13-26-30(5,6)27(38-21(4)34)15-16-31(26,7)23(24)14-17-32(28,33)8/h12,14,19,22,25-28,35H,3,10-11,13,15-18H2,1-2,4-9H3,(H,36,37)/t22-,25-,26+,27+,28+,31-,32+,33+/m1/s1. The number of hydrogen-bond acceptors (Lipinski definition) is 4. The van der Waals surface area contributed by atoms with Crippen molar-refractivity contribution in [2.45, 2.75) is 113 Å². The number of carboxylic acid groups (broad SMARTS) is 1. The maximum Gasteiger partial charge on any atom is 0.306 e. The number of hydrogen-bond donors (Lipinski definition) is 2. The molecule has 5 heteroatoms. The van der Waals surface area contributed by atoms with Crippen molar-refractivity contribution in [3.8, 4) is 0 Å². The first-order chi connectivity index (χ1) is 17.5. The van der Waals surface area contributed by atoms with Crippen molar-refractivity contribution in [1.82, 2.24) is 0 Å². The van der Waals surface area contributed by atoms with Crippen LogP contribution in [-0.2, 0) is 14.3 Å². The summed E-state index contributed by atoms with van der Waals surface area (Å²) >= 11 is 0. The smallest absolute Gasteiger partial charge is 0.306 e. The van der Waals surface area contributed by atoms with Crippen molar-refractivity contribution >= 4 is 11.9 Å². The monoisotopic (exact) mass is 526 g/mol. The second kappa shape index (κ2) is 9.64. The fraction of sp³-hybridized carbons (Fsp3) is 0.758. The molecule has 5 nitrogen and oxygen atoms in total. The molecule has 0 bridgehead atoms. The van der Waals surface area contributed by atoms with Gasteiger partial charge in [-0.1, -0.05) is 72.8 Å². The van der Waals surface area contributed by atoms with E-state index in [0.717, 1.165) is 31.3 Å². The molecule has 0 aliphatic heterocycles. The fourth-order valence-corrected chi connectivity index (χ4v) is 9.30. The zero-order valence-corrected chi connectivity index (χ0v) is 24.9. The first-order valence-corrected chi connectivity index (χ1v) is 14.7. The van der Waals surface area contributed by atoms with Crippen LogP contribution in [-0.4, -0.2) is 34.4 Å². The van der Waals surface area contributed by atoms with Gasteiger partial charge in [0, 0.05) is 23.7 Å². The predicted octanol–water partition coefficient (Wildman–Crippen LogP) is 7.11. The molecule has 0 spiro atoms. The number of allylic oxidation sites excluding steroid dienone is 5. The molecular formula is C33H50O5. The van der Waals surface area contributed by atoms with Crippen LogP contribution in [0.15, 0.2) is 35.5 Å². The third kappa shape index (κ3) is 4.22. The number of carbonyl (C=O) groups is 2. The Bertz CT molecular complexity index is 1070. The summed E-state index contributed by atoms with van der Waals surface area (Å²) in [6, 6.07) is 0. The highest BCUT2D eigenvalue weighted by Crippen LogP contribution is 2.72. The van der Waals surface area contributed by atoms with Crippen LogP contribution in [0.1, 0.15) is 100 Å². The molecule has 4 aliphatic carbocycles. The van der Waals surface area contributed by atoms with Crippen LogP contribution in [0.3, 0.4) is 0 Å². The molecule has 2 N–H and O–H groups in total. The quantitative estimate of drug-likeness (QED) is 0.273. The molecule has 2 saturated carbocycles. The van der Waals surface area contributed by atoms with Crippen molar-refractivity contribution < 1.29 is 24.5 Å².